The van der Waals surface area contributed by atoms with Crippen LogP contribution < -0.4 is 10.6 Å². The van der Waals surface area contributed by atoms with E-state index >= 15 is 0 Å². The molecule has 1 heterocycles. The lowest BCUT2D eigenvalue weighted by molar-refractivity contribution is 0.0948. The lowest BCUT2D eigenvalue weighted by atomic mass is 10.1. The van der Waals surface area contributed by atoms with Crippen LogP contribution in [0.3, 0.4) is 0 Å². The average Bonchev–Trinajstić information content (AvgIpc) is 2.70. The number of carbonyl (C=O) groups excluding carboxylic acids is 1. The van der Waals surface area contributed by atoms with Gasteiger partial charge in [0, 0.05) is 6.54 Å². The number of nitrogens with one attached hydrogen (secondary N) is 2. The Labute approximate surface area is 151 Å². The smallest absolute Gasteiger partial charge is 0.271 e. The summed E-state index contributed by atoms with van der Waals surface area (Å²) in [6.45, 7) is 0.528. The molecule has 0 unspecified atom stereocenters. The number of para-hydroxylation sites is 1. The minimum Gasteiger partial charge on any atom is -0.350 e. The van der Waals surface area contributed by atoms with Crippen LogP contribution >= 0.6 is 0 Å². The maximum absolute atomic E-state index is 12.1. The highest BCUT2D eigenvalue weighted by molar-refractivity contribution is 5.92. The molecule has 3 rings (SSSR count). The van der Waals surface area contributed by atoms with Gasteiger partial charge in [0.1, 0.15) is 6.07 Å². The monoisotopic (exact) mass is 343 g/mol. The van der Waals surface area contributed by atoms with E-state index in [1.165, 1.54) is 0 Å². The van der Waals surface area contributed by atoms with Crippen LogP contribution in [0.1, 0.15) is 21.6 Å². The summed E-state index contributed by atoms with van der Waals surface area (Å²) >= 11 is 0. The first-order valence-electron chi connectivity index (χ1n) is 8.18. The normalized spacial score (nSPS) is 9.96. The number of benzene rings is 2. The third-order valence-corrected chi connectivity index (χ3v) is 3.75. The molecule has 128 valence electrons. The van der Waals surface area contributed by atoms with Crippen molar-refractivity contribution in [3.05, 3.63) is 83.6 Å². The quantitative estimate of drug-likeness (QED) is 0.718. The van der Waals surface area contributed by atoms with Crippen molar-refractivity contribution in [2.24, 2.45) is 0 Å². The first-order chi connectivity index (χ1) is 12.8. The zero-order valence-corrected chi connectivity index (χ0v) is 14.0. The molecule has 0 aliphatic heterocycles. The molecule has 6 heteroatoms. The predicted molar refractivity (Wildman–Crippen MR) is 99.0 cm³/mol. The molecular formula is C20H17N5O. The van der Waals surface area contributed by atoms with Gasteiger partial charge in [-0.1, -0.05) is 42.5 Å². The van der Waals surface area contributed by atoms with Crippen LogP contribution in [0.15, 0.2) is 66.7 Å². The van der Waals surface area contributed by atoms with E-state index in [0.717, 1.165) is 12.0 Å². The fourth-order valence-electron chi connectivity index (χ4n) is 2.40. The Hall–Kier alpha value is -3.72. The van der Waals surface area contributed by atoms with Crippen molar-refractivity contribution in [1.82, 2.24) is 15.5 Å². The highest BCUT2D eigenvalue weighted by Crippen LogP contribution is 2.18. The first-order valence-corrected chi connectivity index (χ1v) is 8.18. The van der Waals surface area contributed by atoms with Gasteiger partial charge in [0.15, 0.2) is 11.5 Å². The van der Waals surface area contributed by atoms with Crippen LogP contribution in [-0.4, -0.2) is 22.6 Å². The number of rotatable bonds is 6. The van der Waals surface area contributed by atoms with Crippen molar-refractivity contribution >= 4 is 17.4 Å². The van der Waals surface area contributed by atoms with E-state index in [4.69, 9.17) is 5.26 Å². The van der Waals surface area contributed by atoms with Gasteiger partial charge in [0.25, 0.3) is 5.91 Å². The second-order valence-corrected chi connectivity index (χ2v) is 5.58. The summed E-state index contributed by atoms with van der Waals surface area (Å²) in [5, 5.41) is 22.9. The van der Waals surface area contributed by atoms with Crippen molar-refractivity contribution < 1.29 is 4.79 Å². The van der Waals surface area contributed by atoms with Gasteiger partial charge < -0.3 is 10.6 Å². The Morgan fingerprint density at radius 1 is 0.962 bits per heavy atom. The molecule has 2 aromatic carbocycles. The van der Waals surface area contributed by atoms with E-state index in [1.807, 2.05) is 36.4 Å². The maximum Gasteiger partial charge on any atom is 0.271 e. The molecule has 26 heavy (non-hydrogen) atoms. The summed E-state index contributed by atoms with van der Waals surface area (Å²) in [5.74, 6) is 0.200. The van der Waals surface area contributed by atoms with Gasteiger partial charge >= 0.3 is 0 Å². The maximum atomic E-state index is 12.1. The number of aromatic nitrogens is 2. The van der Waals surface area contributed by atoms with E-state index < -0.39 is 0 Å². The molecule has 0 saturated heterocycles. The van der Waals surface area contributed by atoms with Crippen LogP contribution in [0.4, 0.5) is 11.5 Å². The minimum absolute atomic E-state index is 0.247. The van der Waals surface area contributed by atoms with Gasteiger partial charge in [-0.25, -0.2) is 0 Å². The first kappa shape index (κ1) is 17.1. The average molecular weight is 343 g/mol. The zero-order chi connectivity index (χ0) is 18.2. The van der Waals surface area contributed by atoms with Gasteiger partial charge in [-0.2, -0.15) is 5.26 Å². The molecule has 0 fully saturated rings. The molecule has 0 aliphatic carbocycles. The summed E-state index contributed by atoms with van der Waals surface area (Å²) in [7, 11) is 0. The van der Waals surface area contributed by atoms with E-state index in [2.05, 4.69) is 26.9 Å². The lowest BCUT2D eigenvalue weighted by Gasteiger charge is -2.07. The molecule has 0 saturated carbocycles. The summed E-state index contributed by atoms with van der Waals surface area (Å²) in [5.41, 5.74) is 2.56. The van der Waals surface area contributed by atoms with Crippen LogP contribution in [0, 0.1) is 11.3 Å². The van der Waals surface area contributed by atoms with Crippen LogP contribution in [-0.2, 0) is 6.42 Å². The Morgan fingerprint density at radius 3 is 2.46 bits per heavy atom. The third-order valence-electron chi connectivity index (χ3n) is 3.75. The summed E-state index contributed by atoms with van der Waals surface area (Å²) in [6.07, 6.45) is 0.755. The Morgan fingerprint density at radius 2 is 1.73 bits per heavy atom. The molecule has 0 spiro atoms. The van der Waals surface area contributed by atoms with Gasteiger partial charge in [0.2, 0.25) is 0 Å². The summed E-state index contributed by atoms with van der Waals surface area (Å²) < 4.78 is 0. The van der Waals surface area contributed by atoms with Crippen LogP contribution in [0.5, 0.6) is 0 Å². The van der Waals surface area contributed by atoms with Crippen molar-refractivity contribution in [3.8, 4) is 6.07 Å². The zero-order valence-electron chi connectivity index (χ0n) is 14.0. The molecular weight excluding hydrogens is 326 g/mol. The molecule has 0 aliphatic rings. The molecule has 0 radical (unpaired) electrons. The number of nitrogens with zero attached hydrogens (tertiary/aromatic N) is 3. The van der Waals surface area contributed by atoms with Crippen molar-refractivity contribution in [1.29, 1.82) is 5.26 Å². The fourth-order valence-corrected chi connectivity index (χ4v) is 2.40. The van der Waals surface area contributed by atoms with Crippen molar-refractivity contribution in [3.63, 3.8) is 0 Å². The van der Waals surface area contributed by atoms with Gasteiger partial charge in [-0.3, -0.25) is 4.79 Å². The minimum atomic E-state index is -0.266. The molecule has 0 bridgehead atoms. The second kappa shape index (κ2) is 8.40. The number of amides is 1. The Bertz CT molecular complexity index is 917. The summed E-state index contributed by atoms with van der Waals surface area (Å²) in [6, 6.07) is 22.4. The predicted octanol–water partition coefficient (Wildman–Crippen LogP) is 3.06. The fraction of sp³-hybridized carbons (Fsp3) is 0.100. The standard InChI is InChI=1S/C20H17N5O/c21-14-16-8-4-5-9-17(16)23-19-11-10-18(24-25-19)20(26)22-13-12-15-6-2-1-3-7-15/h1-11H,12-13H2,(H,22,26)(H,23,25). The second-order valence-electron chi connectivity index (χ2n) is 5.58. The van der Waals surface area contributed by atoms with Crippen LogP contribution in [0.25, 0.3) is 0 Å². The molecule has 6 nitrogen and oxygen atoms in total. The van der Waals surface area contributed by atoms with E-state index in [9.17, 15) is 4.79 Å². The number of carbonyl (C=O) groups is 1. The van der Waals surface area contributed by atoms with Crippen molar-refractivity contribution in [2.45, 2.75) is 6.42 Å². The molecule has 1 aromatic heterocycles. The SMILES string of the molecule is N#Cc1ccccc1Nc1ccc(C(=O)NCCc2ccccc2)nn1. The topological polar surface area (TPSA) is 90.7 Å². The van der Waals surface area contributed by atoms with Gasteiger partial charge in [0.05, 0.1) is 11.3 Å². The highest BCUT2D eigenvalue weighted by Gasteiger charge is 2.08. The number of anilines is 2. The lowest BCUT2D eigenvalue weighted by Crippen LogP contribution is -2.26. The Balaban J connectivity index is 1.57. The third kappa shape index (κ3) is 4.42. The van der Waals surface area contributed by atoms with Gasteiger partial charge in [-0.15, -0.1) is 10.2 Å². The molecule has 2 N–H and O–H groups in total. The summed E-state index contributed by atoms with van der Waals surface area (Å²) in [4.78, 5) is 12.1. The van der Waals surface area contributed by atoms with E-state index in [0.29, 0.717) is 23.6 Å². The molecule has 1 amide bonds. The largest absolute Gasteiger partial charge is 0.350 e. The van der Waals surface area contributed by atoms with E-state index in [-0.39, 0.29) is 11.6 Å². The van der Waals surface area contributed by atoms with Crippen LogP contribution in [0.2, 0.25) is 0 Å². The van der Waals surface area contributed by atoms with Crippen molar-refractivity contribution in [2.75, 3.05) is 11.9 Å². The molecule has 3 aromatic rings. The molecule has 0 atom stereocenters. The van der Waals surface area contributed by atoms with E-state index in [1.54, 1.807) is 30.3 Å². The Kier molecular flexibility index (Phi) is 5.53. The number of hydrogen-bond donors (Lipinski definition) is 2. The number of hydrogen-bond acceptors (Lipinski definition) is 5. The highest BCUT2D eigenvalue weighted by atomic mass is 16.1. The van der Waals surface area contributed by atoms with Gasteiger partial charge in [-0.05, 0) is 36.2 Å². The number of nitriles is 1.